The zero-order chi connectivity index (χ0) is 18.1. The van der Waals surface area contributed by atoms with Crippen LogP contribution in [0.2, 0.25) is 0 Å². The second kappa shape index (κ2) is 6.96. The van der Waals surface area contributed by atoms with Crippen molar-refractivity contribution in [1.82, 2.24) is 9.55 Å². The number of imidazole rings is 1. The van der Waals surface area contributed by atoms with Crippen LogP contribution in [0.15, 0.2) is 18.2 Å². The molecule has 1 fully saturated rings. The fourth-order valence-corrected chi connectivity index (χ4v) is 2.86. The number of benzene rings is 1. The van der Waals surface area contributed by atoms with E-state index in [4.69, 9.17) is 4.98 Å². The third kappa shape index (κ3) is 3.97. The average molecular weight is 329 g/mol. The van der Waals surface area contributed by atoms with Gasteiger partial charge < -0.3 is 9.47 Å². The minimum Gasteiger partial charge on any atom is -0.331 e. The number of carbonyl (C=O) groups is 1. The van der Waals surface area contributed by atoms with Crippen molar-refractivity contribution in [1.29, 1.82) is 0 Å². The predicted octanol–water partition coefficient (Wildman–Crippen LogP) is 4.66. The molecule has 1 saturated carbocycles. The van der Waals surface area contributed by atoms with E-state index in [1.807, 2.05) is 25.2 Å². The second-order valence-corrected chi connectivity index (χ2v) is 8.03. The summed E-state index contributed by atoms with van der Waals surface area (Å²) in [5, 5.41) is 0. The van der Waals surface area contributed by atoms with Crippen LogP contribution in [0.5, 0.6) is 0 Å². The van der Waals surface area contributed by atoms with Crippen LogP contribution in [0.1, 0.15) is 59.7 Å². The molecule has 0 atom stereocenters. The van der Waals surface area contributed by atoms with E-state index in [2.05, 4.69) is 32.3 Å². The van der Waals surface area contributed by atoms with E-state index in [-0.39, 0.29) is 11.3 Å². The number of aryl methyl sites for hydroxylation is 1. The zero-order valence-corrected chi connectivity index (χ0v) is 16.2. The summed E-state index contributed by atoms with van der Waals surface area (Å²) >= 11 is 0. The number of hydrogen-bond donors (Lipinski definition) is 0. The lowest BCUT2D eigenvalue weighted by molar-refractivity contribution is -0.116. The summed E-state index contributed by atoms with van der Waals surface area (Å²) in [6.07, 6.45) is 4.46. The molecule has 0 saturated heterocycles. The zero-order valence-electron chi connectivity index (χ0n) is 16.2. The Morgan fingerprint density at radius 1 is 1.29 bits per heavy atom. The smallest absolute Gasteiger partial charge is 0.223 e. The van der Waals surface area contributed by atoms with Crippen LogP contribution in [0, 0.1) is 5.92 Å². The number of fused-ring (bicyclic) bond motifs is 1. The largest absolute Gasteiger partial charge is 0.331 e. The minimum absolute atomic E-state index is 0.000408. The summed E-state index contributed by atoms with van der Waals surface area (Å²) < 4.78 is 2.12. The van der Waals surface area contributed by atoms with Crippen molar-refractivity contribution in [2.45, 2.75) is 59.3 Å². The summed E-state index contributed by atoms with van der Waals surface area (Å²) in [5.41, 5.74) is 2.89. The maximum Gasteiger partial charge on any atom is 0.223 e. The standard InChI is InChI=1S/C15H21N3O.C5H10/c1-10(19)17(5)11-7-8-13-12(9-11)16-14(18(13)6)15(2,3)4;1-5-3-2-4-5/h7-9H,1-6H3;5H,2-4H2,1H3. The fourth-order valence-electron chi connectivity index (χ4n) is 2.86. The van der Waals surface area contributed by atoms with Gasteiger partial charge in [0.05, 0.1) is 11.0 Å². The van der Waals surface area contributed by atoms with Gasteiger partial charge in [-0.15, -0.1) is 0 Å². The van der Waals surface area contributed by atoms with Gasteiger partial charge in [-0.3, -0.25) is 4.79 Å². The monoisotopic (exact) mass is 329 g/mol. The highest BCUT2D eigenvalue weighted by molar-refractivity contribution is 5.93. The molecule has 0 unspecified atom stereocenters. The Morgan fingerprint density at radius 2 is 1.88 bits per heavy atom. The molecule has 0 aliphatic heterocycles. The molecule has 4 nitrogen and oxygen atoms in total. The van der Waals surface area contributed by atoms with Crippen molar-refractivity contribution in [2.75, 3.05) is 11.9 Å². The van der Waals surface area contributed by atoms with E-state index < -0.39 is 0 Å². The molecule has 3 rings (SSSR count). The first-order valence-corrected chi connectivity index (χ1v) is 8.82. The molecule has 1 aliphatic rings. The first-order valence-electron chi connectivity index (χ1n) is 8.82. The van der Waals surface area contributed by atoms with Crippen molar-refractivity contribution < 1.29 is 4.79 Å². The lowest BCUT2D eigenvalue weighted by atomic mass is 9.88. The van der Waals surface area contributed by atoms with Crippen LogP contribution in [-0.2, 0) is 17.3 Å². The van der Waals surface area contributed by atoms with Crippen LogP contribution in [0.4, 0.5) is 5.69 Å². The quantitative estimate of drug-likeness (QED) is 0.763. The Balaban J connectivity index is 0.000000355. The highest BCUT2D eigenvalue weighted by atomic mass is 16.2. The highest BCUT2D eigenvalue weighted by Gasteiger charge is 2.21. The van der Waals surface area contributed by atoms with Gasteiger partial charge >= 0.3 is 0 Å². The number of nitrogens with zero attached hydrogens (tertiary/aromatic N) is 3. The molecule has 1 amide bonds. The number of carbonyl (C=O) groups excluding carboxylic acids is 1. The molecule has 4 heteroatoms. The van der Waals surface area contributed by atoms with Gasteiger partial charge in [-0.1, -0.05) is 47.0 Å². The van der Waals surface area contributed by atoms with Crippen molar-refractivity contribution >= 4 is 22.6 Å². The molecule has 0 bridgehead atoms. The van der Waals surface area contributed by atoms with E-state index in [0.29, 0.717) is 0 Å². The van der Waals surface area contributed by atoms with Gasteiger partial charge in [0.2, 0.25) is 5.91 Å². The van der Waals surface area contributed by atoms with Crippen LogP contribution in [0.25, 0.3) is 11.0 Å². The normalized spacial score (nSPS) is 14.8. The maximum atomic E-state index is 11.4. The topological polar surface area (TPSA) is 38.1 Å². The molecule has 24 heavy (non-hydrogen) atoms. The van der Waals surface area contributed by atoms with Gasteiger partial charge in [0.15, 0.2) is 0 Å². The van der Waals surface area contributed by atoms with E-state index in [1.54, 1.807) is 18.9 Å². The summed E-state index contributed by atoms with van der Waals surface area (Å²) in [4.78, 5) is 17.8. The number of hydrogen-bond acceptors (Lipinski definition) is 2. The molecule has 1 heterocycles. The van der Waals surface area contributed by atoms with E-state index in [1.165, 1.54) is 19.3 Å². The molecule has 1 aromatic heterocycles. The third-order valence-electron chi connectivity index (χ3n) is 4.79. The van der Waals surface area contributed by atoms with Gasteiger partial charge in [-0.05, 0) is 24.1 Å². The molecule has 0 N–H and O–H groups in total. The lowest BCUT2D eigenvalue weighted by Crippen LogP contribution is -2.22. The maximum absolute atomic E-state index is 11.4. The molecule has 0 radical (unpaired) electrons. The van der Waals surface area contributed by atoms with Gasteiger partial charge in [-0.25, -0.2) is 4.98 Å². The Labute approximate surface area is 145 Å². The minimum atomic E-state index is 0.000408. The SMILES string of the molecule is CC(=O)N(C)c1ccc2c(c1)nc(C(C)(C)C)n2C.CC1CCC1. The second-order valence-electron chi connectivity index (χ2n) is 8.03. The Kier molecular flexibility index (Phi) is 5.36. The van der Waals surface area contributed by atoms with E-state index >= 15 is 0 Å². The lowest BCUT2D eigenvalue weighted by Gasteiger charge is -2.18. The molecule has 1 aromatic carbocycles. The molecular formula is C20H31N3O. The predicted molar refractivity (Wildman–Crippen MR) is 102 cm³/mol. The van der Waals surface area contributed by atoms with E-state index in [9.17, 15) is 4.79 Å². The van der Waals surface area contributed by atoms with E-state index in [0.717, 1.165) is 28.5 Å². The van der Waals surface area contributed by atoms with Crippen LogP contribution in [-0.4, -0.2) is 22.5 Å². The molecule has 132 valence electrons. The van der Waals surface area contributed by atoms with Gasteiger partial charge in [0.25, 0.3) is 0 Å². The van der Waals surface area contributed by atoms with Crippen LogP contribution < -0.4 is 4.90 Å². The van der Waals surface area contributed by atoms with Crippen molar-refractivity contribution in [3.8, 4) is 0 Å². The molecular weight excluding hydrogens is 298 g/mol. The summed E-state index contributed by atoms with van der Waals surface area (Å²) in [5.74, 6) is 2.13. The number of anilines is 1. The van der Waals surface area contributed by atoms with Gasteiger partial charge in [0.1, 0.15) is 5.82 Å². The Morgan fingerprint density at radius 3 is 2.29 bits per heavy atom. The van der Waals surface area contributed by atoms with Gasteiger partial charge in [0, 0.05) is 32.1 Å². The number of rotatable bonds is 1. The fraction of sp³-hybridized carbons (Fsp3) is 0.600. The van der Waals surface area contributed by atoms with Crippen molar-refractivity contribution in [3.63, 3.8) is 0 Å². The summed E-state index contributed by atoms with van der Waals surface area (Å²) in [6, 6.07) is 5.94. The number of aromatic nitrogens is 2. The summed E-state index contributed by atoms with van der Waals surface area (Å²) in [7, 11) is 3.81. The van der Waals surface area contributed by atoms with Crippen molar-refractivity contribution in [3.05, 3.63) is 24.0 Å². The van der Waals surface area contributed by atoms with Crippen molar-refractivity contribution in [2.24, 2.45) is 13.0 Å². The molecule has 1 aliphatic carbocycles. The molecule has 2 aromatic rings. The third-order valence-corrected chi connectivity index (χ3v) is 4.79. The first-order chi connectivity index (χ1) is 11.1. The van der Waals surface area contributed by atoms with Gasteiger partial charge in [-0.2, -0.15) is 0 Å². The first kappa shape index (κ1) is 18.5. The highest BCUT2D eigenvalue weighted by Crippen LogP contribution is 2.27. The number of amides is 1. The Hall–Kier alpha value is -1.84. The average Bonchev–Trinajstić information content (AvgIpc) is 2.81. The van der Waals surface area contributed by atoms with Crippen LogP contribution in [0.3, 0.4) is 0 Å². The Bertz CT molecular complexity index is 720. The molecule has 0 spiro atoms. The summed E-state index contributed by atoms with van der Waals surface area (Å²) in [6.45, 7) is 10.3. The van der Waals surface area contributed by atoms with Crippen LogP contribution >= 0.6 is 0 Å².